The van der Waals surface area contributed by atoms with E-state index in [2.05, 4.69) is 5.32 Å². The Morgan fingerprint density at radius 2 is 1.74 bits per heavy atom. The maximum Gasteiger partial charge on any atom is 0.330 e. The molecule has 0 saturated carbocycles. The molecule has 0 aromatic heterocycles. The van der Waals surface area contributed by atoms with Gasteiger partial charge in [0.15, 0.2) is 6.04 Å². The number of amides is 1. The molecule has 0 saturated heterocycles. The average molecular weight is 264 g/mol. The van der Waals surface area contributed by atoms with Gasteiger partial charge in [0.2, 0.25) is 5.91 Å². The van der Waals surface area contributed by atoms with E-state index in [1.54, 1.807) is 30.3 Å². The summed E-state index contributed by atoms with van der Waals surface area (Å²) in [6.07, 6.45) is 0. The zero-order valence-electron chi connectivity index (χ0n) is 11.4. The summed E-state index contributed by atoms with van der Waals surface area (Å²) in [4.78, 5) is 23.2. The van der Waals surface area contributed by atoms with E-state index in [1.807, 2.05) is 20.8 Å². The highest BCUT2D eigenvalue weighted by atomic mass is 16.4. The topological polar surface area (TPSA) is 92.4 Å². The first kappa shape index (κ1) is 15.2. The summed E-state index contributed by atoms with van der Waals surface area (Å²) in [5.74, 6) is -1.58. The fourth-order valence-corrected chi connectivity index (χ4v) is 1.56. The van der Waals surface area contributed by atoms with Crippen LogP contribution in [-0.4, -0.2) is 23.0 Å². The minimum absolute atomic E-state index is 0.427. The van der Waals surface area contributed by atoms with Crippen LogP contribution in [-0.2, 0) is 9.59 Å². The van der Waals surface area contributed by atoms with E-state index in [4.69, 9.17) is 5.73 Å². The molecule has 1 amide bonds. The number of aliphatic carboxylic acids is 1. The van der Waals surface area contributed by atoms with Crippen molar-refractivity contribution in [1.82, 2.24) is 5.32 Å². The number of carboxylic acid groups (broad SMARTS) is 1. The number of carbonyl (C=O) groups is 2. The van der Waals surface area contributed by atoms with Crippen molar-refractivity contribution >= 4 is 11.9 Å². The van der Waals surface area contributed by atoms with Gasteiger partial charge >= 0.3 is 5.97 Å². The molecule has 5 heteroatoms. The number of nitrogens with two attached hydrogens (primary N) is 1. The average Bonchev–Trinajstić information content (AvgIpc) is 2.34. The van der Waals surface area contributed by atoms with Gasteiger partial charge in [0.05, 0.1) is 6.04 Å². The van der Waals surface area contributed by atoms with Crippen LogP contribution in [0, 0.1) is 5.41 Å². The lowest BCUT2D eigenvalue weighted by molar-refractivity contribution is -0.142. The monoisotopic (exact) mass is 264 g/mol. The van der Waals surface area contributed by atoms with Gasteiger partial charge in [0.1, 0.15) is 0 Å². The quantitative estimate of drug-likeness (QED) is 0.764. The van der Waals surface area contributed by atoms with Crippen molar-refractivity contribution in [3.63, 3.8) is 0 Å². The van der Waals surface area contributed by atoms with Crippen molar-refractivity contribution in [2.45, 2.75) is 32.9 Å². The van der Waals surface area contributed by atoms with Crippen LogP contribution in [0.15, 0.2) is 30.3 Å². The van der Waals surface area contributed by atoms with E-state index in [0.29, 0.717) is 5.56 Å². The molecule has 0 spiro atoms. The lowest BCUT2D eigenvalue weighted by Gasteiger charge is -2.27. The molecule has 5 nitrogen and oxygen atoms in total. The van der Waals surface area contributed by atoms with E-state index in [1.165, 1.54) is 0 Å². The Morgan fingerprint density at radius 1 is 1.21 bits per heavy atom. The van der Waals surface area contributed by atoms with Gasteiger partial charge in [-0.2, -0.15) is 0 Å². The van der Waals surface area contributed by atoms with Crippen molar-refractivity contribution in [2.75, 3.05) is 0 Å². The molecule has 0 unspecified atom stereocenters. The van der Waals surface area contributed by atoms with Crippen LogP contribution < -0.4 is 11.1 Å². The second-order valence-electron chi connectivity index (χ2n) is 5.53. The highest BCUT2D eigenvalue weighted by molar-refractivity contribution is 5.87. The Bertz CT molecular complexity index is 452. The summed E-state index contributed by atoms with van der Waals surface area (Å²) in [5.41, 5.74) is 5.91. The Hall–Kier alpha value is -1.88. The van der Waals surface area contributed by atoms with Crippen molar-refractivity contribution in [3.05, 3.63) is 35.9 Å². The lowest BCUT2D eigenvalue weighted by Crippen LogP contribution is -2.50. The van der Waals surface area contributed by atoms with Crippen LogP contribution >= 0.6 is 0 Å². The zero-order valence-corrected chi connectivity index (χ0v) is 11.4. The molecule has 4 N–H and O–H groups in total. The maximum absolute atomic E-state index is 12.0. The molecule has 0 heterocycles. The number of hydrogen-bond acceptors (Lipinski definition) is 3. The first-order chi connectivity index (χ1) is 8.73. The molecule has 0 radical (unpaired) electrons. The van der Waals surface area contributed by atoms with Gasteiger partial charge in [-0.1, -0.05) is 51.1 Å². The van der Waals surface area contributed by atoms with Crippen LogP contribution in [0.25, 0.3) is 0 Å². The molecular weight excluding hydrogens is 244 g/mol. The number of carbonyl (C=O) groups excluding carboxylic acids is 1. The molecule has 104 valence electrons. The Balaban J connectivity index is 2.87. The van der Waals surface area contributed by atoms with Gasteiger partial charge in [-0.15, -0.1) is 0 Å². The number of carboxylic acids is 1. The second kappa shape index (κ2) is 5.84. The third-order valence-corrected chi connectivity index (χ3v) is 2.88. The minimum atomic E-state index is -1.11. The normalized spacial score (nSPS) is 14.5. The Kier molecular flexibility index (Phi) is 4.67. The summed E-state index contributed by atoms with van der Waals surface area (Å²) in [5, 5.41) is 11.7. The maximum atomic E-state index is 12.0. The number of nitrogens with one attached hydrogen (secondary N) is 1. The third-order valence-electron chi connectivity index (χ3n) is 2.88. The van der Waals surface area contributed by atoms with Crippen LogP contribution in [0.4, 0.5) is 0 Å². The van der Waals surface area contributed by atoms with Crippen molar-refractivity contribution in [3.8, 4) is 0 Å². The summed E-state index contributed by atoms with van der Waals surface area (Å²) < 4.78 is 0. The first-order valence-corrected chi connectivity index (χ1v) is 6.07. The molecule has 1 aromatic rings. The SMILES string of the molecule is CC(C)(C)[C@H](N)C(=O)N[C@H](C(=O)O)c1ccccc1. The van der Waals surface area contributed by atoms with E-state index in [9.17, 15) is 14.7 Å². The van der Waals surface area contributed by atoms with Crippen LogP contribution in [0.2, 0.25) is 0 Å². The number of hydrogen-bond donors (Lipinski definition) is 3. The fourth-order valence-electron chi connectivity index (χ4n) is 1.56. The van der Waals surface area contributed by atoms with Crippen LogP contribution in [0.3, 0.4) is 0 Å². The van der Waals surface area contributed by atoms with Gasteiger partial charge < -0.3 is 16.2 Å². The summed E-state index contributed by atoms with van der Waals surface area (Å²) >= 11 is 0. The molecule has 2 atom stereocenters. The molecule has 0 bridgehead atoms. The Morgan fingerprint density at radius 3 is 2.16 bits per heavy atom. The van der Waals surface area contributed by atoms with Gasteiger partial charge in [0, 0.05) is 0 Å². The summed E-state index contributed by atoms with van der Waals surface area (Å²) in [7, 11) is 0. The molecule has 0 aliphatic carbocycles. The molecule has 0 aliphatic heterocycles. The van der Waals surface area contributed by atoms with Gasteiger partial charge in [-0.05, 0) is 11.0 Å². The molecule has 0 aliphatic rings. The van der Waals surface area contributed by atoms with E-state index < -0.39 is 29.4 Å². The zero-order chi connectivity index (χ0) is 14.6. The fraction of sp³-hybridized carbons (Fsp3) is 0.429. The number of benzene rings is 1. The standard InChI is InChI=1S/C14H20N2O3/c1-14(2,3)11(15)12(17)16-10(13(18)19)9-7-5-4-6-8-9/h4-8,10-11H,15H2,1-3H3,(H,16,17)(H,18,19)/t10-,11+/m0/s1. The lowest BCUT2D eigenvalue weighted by atomic mass is 9.86. The number of rotatable bonds is 4. The summed E-state index contributed by atoms with van der Waals surface area (Å²) in [6, 6.07) is 6.69. The van der Waals surface area contributed by atoms with Gasteiger partial charge in [-0.25, -0.2) is 4.79 Å². The van der Waals surface area contributed by atoms with E-state index in [-0.39, 0.29) is 0 Å². The second-order valence-corrected chi connectivity index (χ2v) is 5.53. The van der Waals surface area contributed by atoms with Gasteiger partial charge in [-0.3, -0.25) is 4.79 Å². The van der Waals surface area contributed by atoms with Crippen molar-refractivity contribution in [2.24, 2.45) is 11.1 Å². The molecule has 19 heavy (non-hydrogen) atoms. The largest absolute Gasteiger partial charge is 0.479 e. The first-order valence-electron chi connectivity index (χ1n) is 6.07. The Labute approximate surface area is 112 Å². The van der Waals surface area contributed by atoms with E-state index >= 15 is 0 Å². The molecule has 1 aromatic carbocycles. The van der Waals surface area contributed by atoms with Crippen LogP contribution in [0.1, 0.15) is 32.4 Å². The van der Waals surface area contributed by atoms with Crippen molar-refractivity contribution < 1.29 is 14.7 Å². The molecule has 0 fully saturated rings. The summed E-state index contributed by atoms with van der Waals surface area (Å²) in [6.45, 7) is 5.49. The predicted molar refractivity (Wildman–Crippen MR) is 72.4 cm³/mol. The van der Waals surface area contributed by atoms with Crippen LogP contribution in [0.5, 0.6) is 0 Å². The predicted octanol–water partition coefficient (Wildman–Crippen LogP) is 1.30. The highest BCUT2D eigenvalue weighted by Crippen LogP contribution is 2.19. The molecular formula is C14H20N2O3. The highest BCUT2D eigenvalue weighted by Gasteiger charge is 2.31. The van der Waals surface area contributed by atoms with Gasteiger partial charge in [0.25, 0.3) is 0 Å². The smallest absolute Gasteiger partial charge is 0.330 e. The van der Waals surface area contributed by atoms with Crippen molar-refractivity contribution in [1.29, 1.82) is 0 Å². The van der Waals surface area contributed by atoms with E-state index in [0.717, 1.165) is 0 Å². The third kappa shape index (κ3) is 4.06. The minimum Gasteiger partial charge on any atom is -0.479 e. The molecule has 1 rings (SSSR count).